The van der Waals surface area contributed by atoms with E-state index in [9.17, 15) is 14.4 Å². The maximum Gasteiger partial charge on any atom is 0.341 e. The molecule has 34 heavy (non-hydrogen) atoms. The molecule has 2 aromatic rings. The number of ether oxygens (including phenoxy) is 1. The molecule has 8 heteroatoms. The highest BCUT2D eigenvalue weighted by atomic mass is 32.2. The van der Waals surface area contributed by atoms with Crippen molar-refractivity contribution in [3.63, 3.8) is 0 Å². The van der Waals surface area contributed by atoms with E-state index in [-0.39, 0.29) is 29.5 Å². The van der Waals surface area contributed by atoms with Crippen LogP contribution in [-0.4, -0.2) is 30.1 Å². The van der Waals surface area contributed by atoms with Crippen LogP contribution in [0.2, 0.25) is 0 Å². The average molecular weight is 501 g/mol. The molecule has 2 aliphatic rings. The van der Waals surface area contributed by atoms with Crippen molar-refractivity contribution in [2.75, 3.05) is 23.0 Å². The Bertz CT molecular complexity index is 1040. The van der Waals surface area contributed by atoms with Crippen LogP contribution in [0.1, 0.15) is 72.7 Å². The molecule has 2 N–H and O–H groups in total. The summed E-state index contributed by atoms with van der Waals surface area (Å²) in [5.74, 6) is -0.115. The number of benzene rings is 1. The van der Waals surface area contributed by atoms with Gasteiger partial charge in [-0.05, 0) is 69.2 Å². The third-order valence-electron chi connectivity index (χ3n) is 6.35. The first-order valence-corrected chi connectivity index (χ1v) is 14.0. The van der Waals surface area contributed by atoms with E-state index in [1.54, 1.807) is 6.92 Å². The van der Waals surface area contributed by atoms with E-state index in [4.69, 9.17) is 4.74 Å². The number of nitrogens with one attached hydrogen (secondary N) is 2. The zero-order valence-electron chi connectivity index (χ0n) is 19.6. The van der Waals surface area contributed by atoms with Crippen LogP contribution >= 0.6 is 23.1 Å². The average Bonchev–Trinajstić information content (AvgIpc) is 3.21. The molecule has 0 saturated heterocycles. The molecule has 1 aromatic heterocycles. The van der Waals surface area contributed by atoms with Crippen molar-refractivity contribution in [2.45, 2.75) is 69.6 Å². The van der Waals surface area contributed by atoms with Crippen molar-refractivity contribution < 1.29 is 19.1 Å². The molecule has 0 bridgehead atoms. The second-order valence-corrected chi connectivity index (χ2v) is 11.0. The van der Waals surface area contributed by atoms with E-state index in [1.807, 2.05) is 24.3 Å². The topological polar surface area (TPSA) is 84.5 Å². The Hall–Kier alpha value is -2.32. The maximum absolute atomic E-state index is 12.8. The van der Waals surface area contributed by atoms with Crippen molar-refractivity contribution in [1.82, 2.24) is 0 Å². The van der Waals surface area contributed by atoms with E-state index < -0.39 is 0 Å². The molecule has 0 spiro atoms. The van der Waals surface area contributed by atoms with E-state index in [0.717, 1.165) is 67.5 Å². The lowest BCUT2D eigenvalue weighted by molar-refractivity contribution is -0.120. The van der Waals surface area contributed by atoms with Gasteiger partial charge in [0.2, 0.25) is 11.8 Å². The Kier molecular flexibility index (Phi) is 8.67. The van der Waals surface area contributed by atoms with Gasteiger partial charge in [0.1, 0.15) is 5.00 Å². The maximum atomic E-state index is 12.8. The van der Waals surface area contributed by atoms with Gasteiger partial charge in [-0.2, -0.15) is 0 Å². The summed E-state index contributed by atoms with van der Waals surface area (Å²) in [7, 11) is 0. The predicted molar refractivity (Wildman–Crippen MR) is 138 cm³/mol. The lowest BCUT2D eigenvalue weighted by Gasteiger charge is -2.20. The monoisotopic (exact) mass is 500 g/mol. The van der Waals surface area contributed by atoms with Gasteiger partial charge in [0.25, 0.3) is 0 Å². The number of amides is 2. The normalized spacial score (nSPS) is 15.9. The van der Waals surface area contributed by atoms with Gasteiger partial charge in [-0.1, -0.05) is 25.3 Å². The molecule has 2 amide bonds. The number of carbonyl (C=O) groups excluding carboxylic acids is 3. The minimum Gasteiger partial charge on any atom is -0.462 e. The van der Waals surface area contributed by atoms with Crippen LogP contribution in [0.5, 0.6) is 0 Å². The summed E-state index contributed by atoms with van der Waals surface area (Å²) >= 11 is 2.91. The molecule has 0 unspecified atom stereocenters. The van der Waals surface area contributed by atoms with E-state index in [1.165, 1.54) is 34.4 Å². The zero-order valence-corrected chi connectivity index (χ0v) is 21.2. The highest BCUT2D eigenvalue weighted by molar-refractivity contribution is 8.00. The molecule has 182 valence electrons. The molecule has 0 atom stereocenters. The number of carbonyl (C=O) groups is 3. The summed E-state index contributed by atoms with van der Waals surface area (Å²) in [4.78, 5) is 40.0. The lowest BCUT2D eigenvalue weighted by atomic mass is 9.88. The number of thioether (sulfide) groups is 1. The summed E-state index contributed by atoms with van der Waals surface area (Å²) in [5.41, 5.74) is 2.34. The van der Waals surface area contributed by atoms with E-state index in [0.29, 0.717) is 17.2 Å². The van der Waals surface area contributed by atoms with Gasteiger partial charge >= 0.3 is 5.97 Å². The highest BCUT2D eigenvalue weighted by Crippen LogP contribution is 2.38. The van der Waals surface area contributed by atoms with E-state index in [2.05, 4.69) is 10.6 Å². The molecule has 0 aliphatic heterocycles. The lowest BCUT2D eigenvalue weighted by Crippen LogP contribution is -2.24. The number of rotatable bonds is 8. The van der Waals surface area contributed by atoms with Gasteiger partial charge in [0, 0.05) is 21.4 Å². The predicted octanol–water partition coefficient (Wildman–Crippen LogP) is 6.05. The number of anilines is 2. The first kappa shape index (κ1) is 24.8. The smallest absolute Gasteiger partial charge is 0.341 e. The van der Waals surface area contributed by atoms with Gasteiger partial charge < -0.3 is 15.4 Å². The van der Waals surface area contributed by atoms with Gasteiger partial charge in [0.15, 0.2) is 0 Å². The molecule has 1 heterocycles. The number of aryl methyl sites for hydroxylation is 1. The minimum absolute atomic E-state index is 0.0905. The number of hydrogen-bond donors (Lipinski definition) is 2. The highest BCUT2D eigenvalue weighted by Gasteiger charge is 2.27. The Morgan fingerprint density at radius 3 is 2.65 bits per heavy atom. The van der Waals surface area contributed by atoms with Crippen molar-refractivity contribution in [2.24, 2.45) is 5.92 Å². The van der Waals surface area contributed by atoms with Gasteiger partial charge in [-0.25, -0.2) is 4.79 Å². The molecule has 6 nitrogen and oxygen atoms in total. The zero-order chi connectivity index (χ0) is 23.9. The summed E-state index contributed by atoms with van der Waals surface area (Å²) in [6, 6.07) is 7.62. The quantitative estimate of drug-likeness (QED) is 0.340. The van der Waals surface area contributed by atoms with Crippen LogP contribution in [0, 0.1) is 5.92 Å². The first-order valence-electron chi connectivity index (χ1n) is 12.2. The number of thiophene rings is 1. The molecule has 0 radical (unpaired) electrons. The fourth-order valence-electron chi connectivity index (χ4n) is 4.66. The Labute approximate surface area is 209 Å². The summed E-state index contributed by atoms with van der Waals surface area (Å²) < 4.78 is 5.27. The molecule has 4 rings (SSSR count). The molecule has 1 fully saturated rings. The van der Waals surface area contributed by atoms with Crippen LogP contribution in [0.4, 0.5) is 10.7 Å². The summed E-state index contributed by atoms with van der Waals surface area (Å²) in [6.07, 6.45) is 9.32. The van der Waals surface area contributed by atoms with E-state index >= 15 is 0 Å². The fourth-order valence-corrected chi connectivity index (χ4v) is 6.71. The van der Waals surface area contributed by atoms with Crippen molar-refractivity contribution in [3.8, 4) is 0 Å². The minimum atomic E-state index is -0.355. The van der Waals surface area contributed by atoms with Crippen molar-refractivity contribution in [3.05, 3.63) is 40.3 Å². The third-order valence-corrected chi connectivity index (χ3v) is 8.55. The number of fused-ring (bicyclic) bond motifs is 1. The van der Waals surface area contributed by atoms with Crippen LogP contribution in [0.3, 0.4) is 0 Å². The SMILES string of the molecule is CCOC(=O)c1c(NC(=O)CSc2cccc(NC(=O)C3CCCCC3)c2)sc2c1CCCC2. The first-order chi connectivity index (χ1) is 16.5. The second-order valence-electron chi connectivity index (χ2n) is 8.82. The van der Waals surface area contributed by atoms with Crippen LogP contribution in [-0.2, 0) is 27.2 Å². The standard InChI is InChI=1S/C26H32N2O4S2/c1-2-32-26(31)23-20-13-6-7-14-21(20)34-25(23)28-22(29)16-33-19-12-8-11-18(15-19)27-24(30)17-9-4-3-5-10-17/h8,11-12,15,17H,2-7,9-10,13-14,16H2,1H3,(H,27,30)(H,28,29). The Balaban J connectivity index is 1.36. The van der Waals surface area contributed by atoms with Crippen molar-refractivity contribution in [1.29, 1.82) is 0 Å². The Morgan fingerprint density at radius 1 is 1.06 bits per heavy atom. The van der Waals surface area contributed by atoms with Crippen LogP contribution in [0.15, 0.2) is 29.2 Å². The summed E-state index contributed by atoms with van der Waals surface area (Å²) in [5, 5.41) is 6.59. The molecular weight excluding hydrogens is 468 g/mol. The van der Waals surface area contributed by atoms with Crippen LogP contribution in [0.25, 0.3) is 0 Å². The second kappa shape index (κ2) is 11.9. The van der Waals surface area contributed by atoms with Gasteiger partial charge in [-0.3, -0.25) is 9.59 Å². The number of esters is 1. The molecule has 1 aromatic carbocycles. The van der Waals surface area contributed by atoms with Crippen molar-refractivity contribution >= 4 is 51.6 Å². The van der Waals surface area contributed by atoms with Gasteiger partial charge in [0.05, 0.1) is 17.9 Å². The Morgan fingerprint density at radius 2 is 1.85 bits per heavy atom. The van der Waals surface area contributed by atoms with Crippen LogP contribution < -0.4 is 10.6 Å². The molecular formula is C26H32N2O4S2. The number of hydrogen-bond acceptors (Lipinski definition) is 6. The molecule has 2 aliphatic carbocycles. The summed E-state index contributed by atoms with van der Waals surface area (Å²) in [6.45, 7) is 2.09. The molecule has 1 saturated carbocycles. The third kappa shape index (κ3) is 6.21. The largest absolute Gasteiger partial charge is 0.462 e. The fraction of sp³-hybridized carbons (Fsp3) is 0.500. The van der Waals surface area contributed by atoms with Gasteiger partial charge in [-0.15, -0.1) is 23.1 Å².